The average Bonchev–Trinajstić information content (AvgIpc) is 3.26. The van der Waals surface area contributed by atoms with E-state index in [-0.39, 0.29) is 29.1 Å². The molecule has 1 unspecified atom stereocenters. The van der Waals surface area contributed by atoms with Gasteiger partial charge in [0.1, 0.15) is 18.2 Å². The highest BCUT2D eigenvalue weighted by Crippen LogP contribution is 2.41. The van der Waals surface area contributed by atoms with Gasteiger partial charge in [-0.15, -0.1) is 0 Å². The minimum Gasteiger partial charge on any atom is -0.349 e. The topological polar surface area (TPSA) is 118 Å². The second-order valence-corrected chi connectivity index (χ2v) is 10.9. The number of benzene rings is 1. The Labute approximate surface area is 216 Å². The minimum absolute atomic E-state index is 0.0837. The molecule has 1 N–H and O–H groups in total. The Balaban J connectivity index is 1.52. The highest BCUT2D eigenvalue weighted by Gasteiger charge is 2.51. The van der Waals surface area contributed by atoms with E-state index in [2.05, 4.69) is 25.3 Å². The molecule has 2 atom stereocenters. The number of halogens is 4. The van der Waals surface area contributed by atoms with Crippen molar-refractivity contribution in [2.24, 2.45) is 0 Å². The summed E-state index contributed by atoms with van der Waals surface area (Å²) in [5.41, 5.74) is -0.00992. The van der Waals surface area contributed by atoms with Gasteiger partial charge in [0, 0.05) is 23.5 Å². The van der Waals surface area contributed by atoms with Gasteiger partial charge in [-0.3, -0.25) is 4.79 Å². The van der Waals surface area contributed by atoms with Gasteiger partial charge in [-0.1, -0.05) is 6.92 Å². The summed E-state index contributed by atoms with van der Waals surface area (Å²) in [5.74, 6) is -2.39. The van der Waals surface area contributed by atoms with Crippen LogP contribution in [0.15, 0.2) is 53.9 Å². The lowest BCUT2D eigenvalue weighted by atomic mass is 9.97. The summed E-state index contributed by atoms with van der Waals surface area (Å²) < 4.78 is 79.8. The van der Waals surface area contributed by atoms with Crippen LogP contribution in [0.1, 0.15) is 44.6 Å². The molecule has 14 heteroatoms. The van der Waals surface area contributed by atoms with Crippen molar-refractivity contribution in [3.63, 3.8) is 0 Å². The molecule has 2 aromatic heterocycles. The average molecular weight is 553 g/mol. The van der Waals surface area contributed by atoms with E-state index >= 15 is 0 Å². The number of nitrogens with zero attached hydrogens (tertiary/aromatic N) is 5. The first-order valence-corrected chi connectivity index (χ1v) is 13.1. The zero-order valence-electron chi connectivity index (χ0n) is 20.4. The molecule has 0 spiro atoms. The van der Waals surface area contributed by atoms with E-state index in [0.717, 1.165) is 24.5 Å². The molecular formula is C24H24F4N6O3S. The molecule has 0 bridgehead atoms. The number of alkyl halides is 3. The standard InChI is InChI=1S/C24H24F4N6O3S/c1-3-23(2)9-8-20(34(23)38(36,37)18-6-4-16(25)5-7-18)21(35)29-13-17-10-19(33-14-32-17)15-11-30-22(31-12-15)24(26,27)28/h4-7,10-12,14,20H,3,8-9,13H2,1-2H3,(H,29,35)/t20-,23?/m0/s1. The number of hydrogen-bond acceptors (Lipinski definition) is 7. The van der Waals surface area contributed by atoms with Gasteiger partial charge in [0.05, 0.1) is 22.8 Å². The fourth-order valence-corrected chi connectivity index (χ4v) is 6.40. The number of hydrogen-bond donors (Lipinski definition) is 1. The maximum Gasteiger partial charge on any atom is 0.451 e. The molecule has 1 saturated heterocycles. The van der Waals surface area contributed by atoms with Crippen LogP contribution in [0, 0.1) is 5.82 Å². The summed E-state index contributed by atoms with van der Waals surface area (Å²) in [5, 5.41) is 2.70. The number of rotatable bonds is 7. The van der Waals surface area contributed by atoms with Crippen LogP contribution in [-0.2, 0) is 27.5 Å². The molecule has 1 amide bonds. The quantitative estimate of drug-likeness (QED) is 0.444. The maximum absolute atomic E-state index is 13.5. The third kappa shape index (κ3) is 5.50. The first kappa shape index (κ1) is 27.5. The van der Waals surface area contributed by atoms with Gasteiger partial charge >= 0.3 is 6.18 Å². The summed E-state index contributed by atoms with van der Waals surface area (Å²) >= 11 is 0. The van der Waals surface area contributed by atoms with Gasteiger partial charge < -0.3 is 5.32 Å². The predicted molar refractivity (Wildman–Crippen MR) is 127 cm³/mol. The van der Waals surface area contributed by atoms with E-state index < -0.39 is 45.3 Å². The zero-order valence-corrected chi connectivity index (χ0v) is 21.2. The minimum atomic E-state index is -4.67. The third-order valence-electron chi connectivity index (χ3n) is 6.57. The lowest BCUT2D eigenvalue weighted by Gasteiger charge is -2.36. The Kier molecular flexibility index (Phi) is 7.48. The number of carbonyl (C=O) groups is 1. The normalized spacial score (nSPS) is 20.4. The number of sulfonamides is 1. The molecule has 9 nitrogen and oxygen atoms in total. The van der Waals surface area contributed by atoms with Crippen molar-refractivity contribution < 1.29 is 30.8 Å². The van der Waals surface area contributed by atoms with Crippen LogP contribution in [0.2, 0.25) is 0 Å². The van der Waals surface area contributed by atoms with Crippen molar-refractivity contribution in [1.29, 1.82) is 0 Å². The Morgan fingerprint density at radius 1 is 1.13 bits per heavy atom. The summed E-state index contributed by atoms with van der Waals surface area (Å²) in [6.45, 7) is 3.52. The molecule has 38 heavy (non-hydrogen) atoms. The first-order valence-electron chi connectivity index (χ1n) is 11.6. The number of aromatic nitrogens is 4. The van der Waals surface area contributed by atoms with E-state index in [9.17, 15) is 30.8 Å². The van der Waals surface area contributed by atoms with Crippen molar-refractivity contribution in [3.05, 3.63) is 66.4 Å². The van der Waals surface area contributed by atoms with Crippen LogP contribution in [-0.4, -0.2) is 50.1 Å². The molecule has 1 fully saturated rings. The Morgan fingerprint density at radius 2 is 1.79 bits per heavy atom. The summed E-state index contributed by atoms with van der Waals surface area (Å²) in [7, 11) is -4.12. The molecule has 202 valence electrons. The van der Waals surface area contributed by atoms with Crippen LogP contribution in [0.5, 0.6) is 0 Å². The molecule has 3 aromatic rings. The van der Waals surface area contributed by atoms with Crippen molar-refractivity contribution in [2.75, 3.05) is 0 Å². The second kappa shape index (κ2) is 10.3. The Hall–Kier alpha value is -3.52. The van der Waals surface area contributed by atoms with E-state index in [0.29, 0.717) is 18.5 Å². The molecule has 1 aliphatic heterocycles. The lowest BCUT2D eigenvalue weighted by Crippen LogP contribution is -2.53. The predicted octanol–water partition coefficient (Wildman–Crippen LogP) is 3.73. The van der Waals surface area contributed by atoms with Gasteiger partial charge in [-0.05, 0) is 56.5 Å². The molecule has 0 radical (unpaired) electrons. The van der Waals surface area contributed by atoms with Gasteiger partial charge in [0.2, 0.25) is 21.8 Å². The van der Waals surface area contributed by atoms with Crippen molar-refractivity contribution in [1.82, 2.24) is 29.6 Å². The van der Waals surface area contributed by atoms with E-state index in [4.69, 9.17) is 0 Å². The van der Waals surface area contributed by atoms with Crippen LogP contribution < -0.4 is 5.32 Å². The summed E-state index contributed by atoms with van der Waals surface area (Å²) in [4.78, 5) is 27.8. The summed E-state index contributed by atoms with van der Waals surface area (Å²) in [6.07, 6.45) is -0.315. The molecule has 1 aromatic carbocycles. The monoisotopic (exact) mass is 552 g/mol. The highest BCUT2D eigenvalue weighted by atomic mass is 32.2. The lowest BCUT2D eigenvalue weighted by molar-refractivity contribution is -0.145. The maximum atomic E-state index is 13.5. The largest absolute Gasteiger partial charge is 0.451 e. The number of nitrogens with one attached hydrogen (secondary N) is 1. The number of amides is 1. The summed E-state index contributed by atoms with van der Waals surface area (Å²) in [6, 6.07) is 4.90. The fraction of sp³-hybridized carbons (Fsp3) is 0.375. The van der Waals surface area contributed by atoms with Gasteiger partial charge in [-0.2, -0.15) is 17.5 Å². The molecule has 0 aliphatic carbocycles. The van der Waals surface area contributed by atoms with E-state index in [1.165, 1.54) is 28.8 Å². The highest BCUT2D eigenvalue weighted by molar-refractivity contribution is 7.89. The first-order chi connectivity index (χ1) is 17.8. The molecular weight excluding hydrogens is 528 g/mol. The van der Waals surface area contributed by atoms with Crippen LogP contribution in [0.3, 0.4) is 0 Å². The second-order valence-electron chi connectivity index (χ2n) is 9.07. The van der Waals surface area contributed by atoms with E-state index in [1.54, 1.807) is 6.92 Å². The van der Waals surface area contributed by atoms with E-state index in [1.807, 2.05) is 6.92 Å². The van der Waals surface area contributed by atoms with Gasteiger partial charge in [0.15, 0.2) is 0 Å². The fourth-order valence-electron chi connectivity index (χ4n) is 4.35. The van der Waals surface area contributed by atoms with Crippen LogP contribution >= 0.6 is 0 Å². The molecule has 4 rings (SSSR count). The van der Waals surface area contributed by atoms with Gasteiger partial charge in [-0.25, -0.2) is 32.7 Å². The molecule has 1 aliphatic rings. The molecule has 0 saturated carbocycles. The van der Waals surface area contributed by atoms with Crippen molar-refractivity contribution in [3.8, 4) is 11.3 Å². The van der Waals surface area contributed by atoms with Crippen LogP contribution in [0.25, 0.3) is 11.3 Å². The molecule has 3 heterocycles. The van der Waals surface area contributed by atoms with Gasteiger partial charge in [0.25, 0.3) is 0 Å². The number of carbonyl (C=O) groups excluding carboxylic acids is 1. The zero-order chi connectivity index (χ0) is 27.7. The van der Waals surface area contributed by atoms with Crippen molar-refractivity contribution >= 4 is 15.9 Å². The SMILES string of the molecule is CCC1(C)CC[C@@H](C(=O)NCc2cc(-c3cnc(C(F)(F)F)nc3)ncn2)N1S(=O)(=O)c1ccc(F)cc1. The third-order valence-corrected chi connectivity index (χ3v) is 8.66. The Bertz CT molecular complexity index is 1420. The smallest absolute Gasteiger partial charge is 0.349 e. The van der Waals surface area contributed by atoms with Crippen LogP contribution in [0.4, 0.5) is 17.6 Å². The van der Waals surface area contributed by atoms with Crippen molar-refractivity contribution in [2.45, 2.75) is 62.3 Å². The Morgan fingerprint density at radius 3 is 2.39 bits per heavy atom.